The standard InChI is InChI=1S/C18H16FN5O3S/c1-26-15-8-11(2-7-14(15)27-10-16(20)25)9-21-24-17(22-23-18(24)28)12-3-5-13(19)6-4-12/h2-9H,10H2,1H3,(H2,20,25)(H,23,28)/b21-9-. The SMILES string of the molecule is COc1cc(/C=N\n2c(-c3ccc(F)cc3)n[nH]c2=S)ccc1OCC(N)=O. The number of hydrogen-bond donors (Lipinski definition) is 2. The molecule has 0 saturated carbocycles. The lowest BCUT2D eigenvalue weighted by atomic mass is 10.2. The molecule has 10 heteroatoms. The van der Waals surface area contributed by atoms with Gasteiger partial charge in [-0.3, -0.25) is 4.79 Å². The van der Waals surface area contributed by atoms with Crippen molar-refractivity contribution < 1.29 is 18.7 Å². The number of benzene rings is 2. The van der Waals surface area contributed by atoms with Gasteiger partial charge in [-0.05, 0) is 60.2 Å². The smallest absolute Gasteiger partial charge is 0.255 e. The minimum Gasteiger partial charge on any atom is -0.493 e. The largest absolute Gasteiger partial charge is 0.493 e. The van der Waals surface area contributed by atoms with Gasteiger partial charge in [0.2, 0.25) is 4.77 Å². The zero-order valence-corrected chi connectivity index (χ0v) is 15.6. The highest BCUT2D eigenvalue weighted by Crippen LogP contribution is 2.27. The molecule has 2 aromatic carbocycles. The molecule has 1 aromatic heterocycles. The summed E-state index contributed by atoms with van der Waals surface area (Å²) < 4.78 is 25.4. The number of ether oxygens (including phenoxy) is 2. The van der Waals surface area contributed by atoms with Gasteiger partial charge in [-0.25, -0.2) is 9.49 Å². The lowest BCUT2D eigenvalue weighted by Gasteiger charge is -2.09. The number of halogens is 1. The molecule has 0 radical (unpaired) electrons. The molecule has 3 N–H and O–H groups in total. The number of hydrogen-bond acceptors (Lipinski definition) is 6. The number of amides is 1. The molecule has 0 aliphatic heterocycles. The molecule has 8 nitrogen and oxygen atoms in total. The number of rotatable bonds is 7. The number of carbonyl (C=O) groups is 1. The number of nitrogens with one attached hydrogen (secondary N) is 1. The number of nitrogens with two attached hydrogens (primary N) is 1. The van der Waals surface area contributed by atoms with E-state index < -0.39 is 5.91 Å². The lowest BCUT2D eigenvalue weighted by molar-refractivity contribution is -0.119. The summed E-state index contributed by atoms with van der Waals surface area (Å²) in [7, 11) is 1.48. The van der Waals surface area contributed by atoms with E-state index in [1.165, 1.54) is 23.9 Å². The van der Waals surface area contributed by atoms with Gasteiger partial charge in [0.1, 0.15) is 5.82 Å². The Balaban J connectivity index is 1.88. The maximum atomic E-state index is 13.1. The number of aromatic amines is 1. The third-order valence-electron chi connectivity index (χ3n) is 3.63. The van der Waals surface area contributed by atoms with E-state index >= 15 is 0 Å². The summed E-state index contributed by atoms with van der Waals surface area (Å²) in [5.41, 5.74) is 6.42. The van der Waals surface area contributed by atoms with Crippen molar-refractivity contribution >= 4 is 24.3 Å². The predicted octanol–water partition coefficient (Wildman–Crippen LogP) is 2.50. The number of nitrogens with zero attached hydrogens (tertiary/aromatic N) is 3. The predicted molar refractivity (Wildman–Crippen MR) is 103 cm³/mol. The van der Waals surface area contributed by atoms with Crippen LogP contribution in [0.25, 0.3) is 11.4 Å². The molecule has 0 aliphatic carbocycles. The Bertz CT molecular complexity index is 1080. The van der Waals surface area contributed by atoms with Gasteiger partial charge in [-0.1, -0.05) is 0 Å². The van der Waals surface area contributed by atoms with E-state index in [9.17, 15) is 9.18 Å². The molecular weight excluding hydrogens is 385 g/mol. The van der Waals surface area contributed by atoms with E-state index in [4.69, 9.17) is 27.4 Å². The van der Waals surface area contributed by atoms with Crippen LogP contribution in [0.5, 0.6) is 11.5 Å². The zero-order chi connectivity index (χ0) is 20.1. The number of H-pyrrole nitrogens is 1. The summed E-state index contributed by atoms with van der Waals surface area (Å²) in [4.78, 5) is 10.9. The number of carbonyl (C=O) groups excluding carboxylic acids is 1. The first-order valence-electron chi connectivity index (χ1n) is 8.05. The van der Waals surface area contributed by atoms with Crippen molar-refractivity contribution in [1.82, 2.24) is 14.9 Å². The Morgan fingerprint density at radius 1 is 1.32 bits per heavy atom. The van der Waals surface area contributed by atoms with Gasteiger partial charge in [0.05, 0.1) is 13.3 Å². The van der Waals surface area contributed by atoms with Crippen molar-refractivity contribution in [1.29, 1.82) is 0 Å². The Labute approximate surface area is 164 Å². The molecule has 0 fully saturated rings. The molecule has 0 saturated heterocycles. The molecule has 0 atom stereocenters. The lowest BCUT2D eigenvalue weighted by Crippen LogP contribution is -2.20. The van der Waals surface area contributed by atoms with Crippen molar-refractivity contribution in [2.24, 2.45) is 10.8 Å². The summed E-state index contributed by atoms with van der Waals surface area (Å²) in [6.45, 7) is -0.255. The van der Waals surface area contributed by atoms with Gasteiger partial charge in [-0.2, -0.15) is 14.9 Å². The van der Waals surface area contributed by atoms with Gasteiger partial charge in [0, 0.05) is 5.56 Å². The summed E-state index contributed by atoms with van der Waals surface area (Å²) in [5, 5.41) is 11.1. The Morgan fingerprint density at radius 3 is 2.75 bits per heavy atom. The fraction of sp³-hybridized carbons (Fsp3) is 0.111. The maximum Gasteiger partial charge on any atom is 0.255 e. The van der Waals surface area contributed by atoms with Crippen molar-refractivity contribution in [3.63, 3.8) is 0 Å². The molecule has 0 unspecified atom stereocenters. The minimum absolute atomic E-state index is 0.255. The topological polar surface area (TPSA) is 108 Å². The molecule has 0 bridgehead atoms. The minimum atomic E-state index is -0.588. The average molecular weight is 401 g/mol. The third kappa shape index (κ3) is 4.41. The highest BCUT2D eigenvalue weighted by atomic mass is 32.1. The quantitative estimate of drug-likeness (QED) is 0.467. The average Bonchev–Trinajstić information content (AvgIpc) is 3.06. The summed E-state index contributed by atoms with van der Waals surface area (Å²) in [6.07, 6.45) is 1.55. The number of aromatic nitrogens is 3. The molecule has 0 spiro atoms. The fourth-order valence-electron chi connectivity index (χ4n) is 2.34. The van der Waals surface area contributed by atoms with Crippen LogP contribution in [0, 0.1) is 10.6 Å². The molecule has 0 aliphatic rings. The molecule has 144 valence electrons. The highest BCUT2D eigenvalue weighted by molar-refractivity contribution is 7.71. The van der Waals surface area contributed by atoms with E-state index in [0.29, 0.717) is 28.5 Å². The van der Waals surface area contributed by atoms with Crippen LogP contribution in [0.4, 0.5) is 4.39 Å². The summed E-state index contributed by atoms with van der Waals surface area (Å²) in [5.74, 6) is 0.300. The molecule has 3 rings (SSSR count). The van der Waals surface area contributed by atoms with Crippen molar-refractivity contribution in [3.05, 3.63) is 58.6 Å². The van der Waals surface area contributed by atoms with Crippen LogP contribution in [-0.4, -0.2) is 40.7 Å². The van der Waals surface area contributed by atoms with Gasteiger partial charge >= 0.3 is 0 Å². The second kappa shape index (κ2) is 8.44. The number of methoxy groups -OCH3 is 1. The molecule has 1 amide bonds. The van der Waals surface area contributed by atoms with Crippen molar-refractivity contribution in [3.8, 4) is 22.9 Å². The van der Waals surface area contributed by atoms with E-state index in [1.54, 1.807) is 36.5 Å². The Morgan fingerprint density at radius 2 is 2.07 bits per heavy atom. The first kappa shape index (κ1) is 19.2. The third-order valence-corrected chi connectivity index (χ3v) is 3.90. The van der Waals surface area contributed by atoms with Crippen LogP contribution in [0.3, 0.4) is 0 Å². The first-order chi connectivity index (χ1) is 13.5. The maximum absolute atomic E-state index is 13.1. The van der Waals surface area contributed by atoms with Crippen LogP contribution < -0.4 is 15.2 Å². The molecule has 28 heavy (non-hydrogen) atoms. The van der Waals surface area contributed by atoms with E-state index in [-0.39, 0.29) is 17.2 Å². The van der Waals surface area contributed by atoms with E-state index in [0.717, 1.165) is 0 Å². The Hall–Kier alpha value is -3.53. The van der Waals surface area contributed by atoms with Crippen LogP contribution >= 0.6 is 12.2 Å². The zero-order valence-electron chi connectivity index (χ0n) is 14.8. The molecular formula is C18H16FN5O3S. The van der Waals surface area contributed by atoms with Crippen LogP contribution in [0.15, 0.2) is 47.6 Å². The second-order valence-corrected chi connectivity index (χ2v) is 5.97. The van der Waals surface area contributed by atoms with Gasteiger partial charge in [0.25, 0.3) is 5.91 Å². The van der Waals surface area contributed by atoms with Crippen molar-refractivity contribution in [2.45, 2.75) is 0 Å². The van der Waals surface area contributed by atoms with Crippen LogP contribution in [-0.2, 0) is 4.79 Å². The van der Waals surface area contributed by atoms with Gasteiger partial charge in [-0.15, -0.1) is 0 Å². The van der Waals surface area contributed by atoms with Gasteiger partial charge < -0.3 is 15.2 Å². The first-order valence-corrected chi connectivity index (χ1v) is 8.45. The Kier molecular flexibility index (Phi) is 5.80. The van der Waals surface area contributed by atoms with Crippen LogP contribution in [0.1, 0.15) is 5.56 Å². The second-order valence-electron chi connectivity index (χ2n) is 5.58. The number of primary amides is 1. The molecule has 3 aromatic rings. The van der Waals surface area contributed by atoms with Gasteiger partial charge in [0.15, 0.2) is 23.9 Å². The van der Waals surface area contributed by atoms with E-state index in [1.807, 2.05) is 0 Å². The van der Waals surface area contributed by atoms with Crippen LogP contribution in [0.2, 0.25) is 0 Å². The highest BCUT2D eigenvalue weighted by Gasteiger charge is 2.09. The normalized spacial score (nSPS) is 10.9. The fourth-order valence-corrected chi connectivity index (χ4v) is 2.52. The summed E-state index contributed by atoms with van der Waals surface area (Å²) >= 11 is 5.21. The van der Waals surface area contributed by atoms with E-state index in [2.05, 4.69) is 15.3 Å². The van der Waals surface area contributed by atoms with Crippen molar-refractivity contribution in [2.75, 3.05) is 13.7 Å². The summed E-state index contributed by atoms with van der Waals surface area (Å²) in [6, 6.07) is 10.9. The monoisotopic (exact) mass is 401 g/mol. The molecule has 1 heterocycles.